The summed E-state index contributed by atoms with van der Waals surface area (Å²) in [5.41, 5.74) is 0.631. The van der Waals surface area contributed by atoms with Crippen molar-refractivity contribution in [3.05, 3.63) is 35.4 Å². The predicted octanol–water partition coefficient (Wildman–Crippen LogP) is 2.27. The summed E-state index contributed by atoms with van der Waals surface area (Å²) >= 11 is 0. The van der Waals surface area contributed by atoms with Gasteiger partial charge in [-0.15, -0.1) is 0 Å². The number of furan rings is 1. The summed E-state index contributed by atoms with van der Waals surface area (Å²) in [6.45, 7) is 4.92. The van der Waals surface area contributed by atoms with Crippen LogP contribution >= 0.6 is 0 Å². The minimum absolute atomic E-state index is 0.0113. The third-order valence-corrected chi connectivity index (χ3v) is 4.76. The SMILES string of the molecule is Cc1nc([C@@H]2C[C@H]3CCN(C(=O)c4ccoc4C)C[C@@H]3O2)no1. The molecule has 0 saturated carbocycles. The summed E-state index contributed by atoms with van der Waals surface area (Å²) in [4.78, 5) is 18.7. The van der Waals surface area contributed by atoms with Gasteiger partial charge in [0, 0.05) is 20.0 Å². The maximum absolute atomic E-state index is 12.6. The van der Waals surface area contributed by atoms with Gasteiger partial charge in [0.25, 0.3) is 5.91 Å². The maximum Gasteiger partial charge on any atom is 0.257 e. The average molecular weight is 317 g/mol. The summed E-state index contributed by atoms with van der Waals surface area (Å²) < 4.78 is 16.4. The minimum atomic E-state index is -0.131. The van der Waals surface area contributed by atoms with Crippen LogP contribution in [0, 0.1) is 19.8 Å². The molecule has 23 heavy (non-hydrogen) atoms. The highest BCUT2D eigenvalue weighted by Crippen LogP contribution is 2.40. The molecule has 2 aliphatic heterocycles. The molecular weight excluding hydrogens is 298 g/mol. The maximum atomic E-state index is 12.6. The molecule has 2 aromatic rings. The highest BCUT2D eigenvalue weighted by molar-refractivity contribution is 5.95. The summed E-state index contributed by atoms with van der Waals surface area (Å²) in [6.07, 6.45) is 3.27. The second-order valence-electron chi connectivity index (χ2n) is 6.26. The largest absolute Gasteiger partial charge is 0.469 e. The Morgan fingerprint density at radius 1 is 1.39 bits per heavy atom. The summed E-state index contributed by atoms with van der Waals surface area (Å²) in [7, 11) is 0. The molecule has 2 fully saturated rings. The van der Waals surface area contributed by atoms with Gasteiger partial charge in [0.1, 0.15) is 11.9 Å². The van der Waals surface area contributed by atoms with Crippen LogP contribution in [-0.2, 0) is 4.74 Å². The number of piperidine rings is 1. The van der Waals surface area contributed by atoms with Gasteiger partial charge in [-0.1, -0.05) is 5.16 Å². The number of aromatic nitrogens is 2. The normalized spacial score (nSPS) is 27.2. The van der Waals surface area contributed by atoms with Crippen molar-refractivity contribution in [2.75, 3.05) is 13.1 Å². The molecule has 2 saturated heterocycles. The number of fused-ring (bicyclic) bond motifs is 1. The molecule has 3 atom stereocenters. The molecule has 4 rings (SSSR count). The first-order valence-corrected chi connectivity index (χ1v) is 7.91. The van der Waals surface area contributed by atoms with E-state index in [9.17, 15) is 4.79 Å². The number of ether oxygens (including phenoxy) is 1. The predicted molar refractivity (Wildman–Crippen MR) is 78.7 cm³/mol. The van der Waals surface area contributed by atoms with Crippen molar-refractivity contribution < 1.29 is 18.5 Å². The fourth-order valence-corrected chi connectivity index (χ4v) is 3.50. The zero-order chi connectivity index (χ0) is 16.0. The molecule has 0 bridgehead atoms. The Bertz CT molecular complexity index is 722. The lowest BCUT2D eigenvalue weighted by molar-refractivity contribution is -0.00752. The van der Waals surface area contributed by atoms with Gasteiger partial charge < -0.3 is 18.6 Å². The molecule has 4 heterocycles. The van der Waals surface area contributed by atoms with Crippen LogP contribution in [0.25, 0.3) is 0 Å². The first-order chi connectivity index (χ1) is 11.1. The van der Waals surface area contributed by atoms with Gasteiger partial charge in [0.05, 0.1) is 17.9 Å². The Morgan fingerprint density at radius 3 is 2.96 bits per heavy atom. The number of rotatable bonds is 2. The van der Waals surface area contributed by atoms with Gasteiger partial charge >= 0.3 is 0 Å². The number of nitrogens with zero attached hydrogens (tertiary/aromatic N) is 3. The molecule has 7 heteroatoms. The first kappa shape index (κ1) is 14.4. The van der Waals surface area contributed by atoms with Crippen LogP contribution in [0.4, 0.5) is 0 Å². The Hall–Kier alpha value is -2.15. The van der Waals surface area contributed by atoms with E-state index in [0.717, 1.165) is 19.4 Å². The molecule has 122 valence electrons. The Kier molecular flexibility index (Phi) is 3.45. The monoisotopic (exact) mass is 317 g/mol. The Balaban J connectivity index is 1.45. The van der Waals surface area contributed by atoms with Crippen molar-refractivity contribution in [3.8, 4) is 0 Å². The van der Waals surface area contributed by atoms with Crippen LogP contribution in [0.1, 0.15) is 46.8 Å². The number of aryl methyl sites for hydroxylation is 2. The molecular formula is C16H19N3O4. The standard InChI is InChI=1S/C16H19N3O4/c1-9-12(4-6-21-9)16(20)19-5-3-11-7-13(22-14(11)8-19)15-17-10(2)23-18-15/h4,6,11,13-14H,3,5,7-8H2,1-2H3/t11-,13+,14+/m1/s1. The topological polar surface area (TPSA) is 81.6 Å². The van der Waals surface area contributed by atoms with Crippen LogP contribution in [-0.4, -0.2) is 40.1 Å². The molecule has 2 aromatic heterocycles. The van der Waals surface area contributed by atoms with E-state index < -0.39 is 0 Å². The number of amides is 1. The molecule has 0 spiro atoms. The van der Waals surface area contributed by atoms with Crippen LogP contribution in [0.5, 0.6) is 0 Å². The fourth-order valence-electron chi connectivity index (χ4n) is 3.50. The number of likely N-dealkylation sites (tertiary alicyclic amines) is 1. The van der Waals surface area contributed by atoms with Gasteiger partial charge in [-0.25, -0.2) is 0 Å². The van der Waals surface area contributed by atoms with E-state index in [4.69, 9.17) is 13.7 Å². The van der Waals surface area contributed by atoms with Crippen molar-refractivity contribution in [2.45, 2.75) is 38.9 Å². The number of carbonyl (C=O) groups is 1. The number of carbonyl (C=O) groups excluding carboxylic acids is 1. The van der Waals surface area contributed by atoms with Crippen LogP contribution in [0.2, 0.25) is 0 Å². The molecule has 0 unspecified atom stereocenters. The van der Waals surface area contributed by atoms with E-state index >= 15 is 0 Å². The van der Waals surface area contributed by atoms with Crippen LogP contribution in [0.15, 0.2) is 21.3 Å². The summed E-state index contributed by atoms with van der Waals surface area (Å²) in [6, 6.07) is 1.73. The quantitative estimate of drug-likeness (QED) is 0.845. The third-order valence-electron chi connectivity index (χ3n) is 4.76. The highest BCUT2D eigenvalue weighted by atomic mass is 16.5. The molecule has 7 nitrogen and oxygen atoms in total. The summed E-state index contributed by atoms with van der Waals surface area (Å²) in [5.74, 6) is 2.27. The van der Waals surface area contributed by atoms with E-state index in [2.05, 4.69) is 10.1 Å². The van der Waals surface area contributed by atoms with Crippen LogP contribution < -0.4 is 0 Å². The van der Waals surface area contributed by atoms with Gasteiger partial charge in [0.15, 0.2) is 0 Å². The molecule has 0 aliphatic carbocycles. The van der Waals surface area contributed by atoms with Gasteiger partial charge in [-0.2, -0.15) is 4.98 Å². The van der Waals surface area contributed by atoms with E-state index in [1.807, 2.05) is 4.90 Å². The zero-order valence-corrected chi connectivity index (χ0v) is 13.2. The van der Waals surface area contributed by atoms with Crippen LogP contribution in [0.3, 0.4) is 0 Å². The molecule has 2 aliphatic rings. The molecule has 0 radical (unpaired) electrons. The van der Waals surface area contributed by atoms with E-state index in [-0.39, 0.29) is 18.1 Å². The van der Waals surface area contributed by atoms with E-state index in [1.165, 1.54) is 0 Å². The smallest absolute Gasteiger partial charge is 0.257 e. The van der Waals surface area contributed by atoms with Crippen molar-refractivity contribution >= 4 is 5.91 Å². The fraction of sp³-hybridized carbons (Fsp3) is 0.562. The Labute approximate surface area is 133 Å². The lowest BCUT2D eigenvalue weighted by atomic mass is 9.91. The average Bonchev–Trinajstić information content (AvgIpc) is 3.24. The second-order valence-corrected chi connectivity index (χ2v) is 6.26. The lowest BCUT2D eigenvalue weighted by Crippen LogP contribution is -2.45. The third kappa shape index (κ3) is 2.55. The summed E-state index contributed by atoms with van der Waals surface area (Å²) in [5, 5.41) is 3.96. The minimum Gasteiger partial charge on any atom is -0.469 e. The van der Waals surface area contributed by atoms with Gasteiger partial charge in [0.2, 0.25) is 11.7 Å². The second kappa shape index (κ2) is 5.49. The molecule has 0 N–H and O–H groups in total. The van der Waals surface area contributed by atoms with Crippen molar-refractivity contribution in [1.29, 1.82) is 0 Å². The van der Waals surface area contributed by atoms with E-state index in [0.29, 0.717) is 35.5 Å². The number of hydrogen-bond donors (Lipinski definition) is 0. The van der Waals surface area contributed by atoms with Crippen molar-refractivity contribution in [3.63, 3.8) is 0 Å². The number of hydrogen-bond acceptors (Lipinski definition) is 6. The lowest BCUT2D eigenvalue weighted by Gasteiger charge is -2.33. The van der Waals surface area contributed by atoms with Crippen molar-refractivity contribution in [2.24, 2.45) is 5.92 Å². The Morgan fingerprint density at radius 2 is 2.26 bits per heavy atom. The zero-order valence-electron chi connectivity index (χ0n) is 13.2. The molecule has 1 amide bonds. The van der Waals surface area contributed by atoms with Gasteiger partial charge in [-0.3, -0.25) is 4.79 Å². The van der Waals surface area contributed by atoms with Crippen molar-refractivity contribution in [1.82, 2.24) is 15.0 Å². The highest BCUT2D eigenvalue weighted by Gasteiger charge is 2.42. The van der Waals surface area contributed by atoms with Gasteiger partial charge in [-0.05, 0) is 31.7 Å². The first-order valence-electron chi connectivity index (χ1n) is 7.91. The molecule has 0 aromatic carbocycles. The van der Waals surface area contributed by atoms with E-state index in [1.54, 1.807) is 26.2 Å².